The number of carbonyl (C=O) groups is 1. The number of aliphatic hydroxyl groups is 1. The third-order valence-corrected chi connectivity index (χ3v) is 5.02. The van der Waals surface area contributed by atoms with Crippen LogP contribution in [0.1, 0.15) is 18.9 Å². The number of allylic oxidation sites excluding steroid dienone is 1. The standard InChI is InChI=1S/C13H17N3O5S2/c1-9(2)21-5-4-16-11(12(18)8-17)7-10(15-23(16,19)20)13-14-3-6-22-13/h3,6-7,9,17H,4-5,8H2,1-2H3. The van der Waals surface area contributed by atoms with E-state index in [-0.39, 0.29) is 30.7 Å². The van der Waals surface area contributed by atoms with E-state index in [2.05, 4.69) is 9.38 Å². The third kappa shape index (κ3) is 4.22. The van der Waals surface area contributed by atoms with Gasteiger partial charge in [0.05, 0.1) is 19.3 Å². The Bertz CT molecular complexity index is 723. The van der Waals surface area contributed by atoms with Crippen molar-refractivity contribution >= 4 is 33.0 Å². The van der Waals surface area contributed by atoms with Gasteiger partial charge in [-0.25, -0.2) is 9.29 Å². The zero-order valence-electron chi connectivity index (χ0n) is 12.7. The summed E-state index contributed by atoms with van der Waals surface area (Å²) in [6, 6.07) is 0. The molecule has 1 aliphatic heterocycles. The van der Waals surface area contributed by atoms with Crippen molar-refractivity contribution in [2.24, 2.45) is 4.40 Å². The lowest BCUT2D eigenvalue weighted by atomic mass is 10.2. The molecule has 10 heteroatoms. The van der Waals surface area contributed by atoms with Crippen molar-refractivity contribution in [1.29, 1.82) is 0 Å². The van der Waals surface area contributed by atoms with Crippen molar-refractivity contribution in [2.75, 3.05) is 19.8 Å². The average Bonchev–Trinajstić information content (AvgIpc) is 3.01. The molecule has 0 amide bonds. The van der Waals surface area contributed by atoms with Gasteiger partial charge in [0.15, 0.2) is 0 Å². The van der Waals surface area contributed by atoms with Crippen LogP contribution in [0.3, 0.4) is 0 Å². The van der Waals surface area contributed by atoms with E-state index in [9.17, 15) is 13.2 Å². The van der Waals surface area contributed by atoms with E-state index in [1.165, 1.54) is 23.6 Å². The molecule has 1 aliphatic rings. The molecule has 2 heterocycles. The first-order valence-corrected chi connectivity index (χ1v) is 9.12. The largest absolute Gasteiger partial charge is 0.388 e. The van der Waals surface area contributed by atoms with Crippen molar-refractivity contribution < 1.29 is 23.1 Å². The van der Waals surface area contributed by atoms with Crippen LogP contribution in [0.15, 0.2) is 27.7 Å². The van der Waals surface area contributed by atoms with Gasteiger partial charge in [0.2, 0.25) is 5.78 Å². The minimum atomic E-state index is -4.09. The molecule has 0 atom stereocenters. The zero-order valence-corrected chi connectivity index (χ0v) is 14.3. The fourth-order valence-corrected chi connectivity index (χ4v) is 3.73. The fraction of sp³-hybridized carbons (Fsp3) is 0.462. The summed E-state index contributed by atoms with van der Waals surface area (Å²) in [7, 11) is -4.09. The maximum absolute atomic E-state index is 12.4. The van der Waals surface area contributed by atoms with Crippen LogP contribution < -0.4 is 0 Å². The molecule has 0 unspecified atom stereocenters. The first kappa shape index (κ1) is 17.7. The summed E-state index contributed by atoms with van der Waals surface area (Å²) in [6.45, 7) is 2.88. The smallest absolute Gasteiger partial charge is 0.345 e. The molecule has 0 spiro atoms. The lowest BCUT2D eigenvalue weighted by Crippen LogP contribution is -2.39. The Morgan fingerprint density at radius 1 is 1.48 bits per heavy atom. The molecule has 126 valence electrons. The Morgan fingerprint density at radius 2 is 2.22 bits per heavy atom. The number of nitrogens with zero attached hydrogens (tertiary/aromatic N) is 3. The lowest BCUT2D eigenvalue weighted by Gasteiger charge is -2.26. The van der Waals surface area contributed by atoms with Crippen LogP contribution in [0.4, 0.5) is 0 Å². The minimum absolute atomic E-state index is 0.0628. The molecule has 0 saturated heterocycles. The molecule has 1 aromatic heterocycles. The number of thiazole rings is 1. The molecule has 0 fully saturated rings. The van der Waals surface area contributed by atoms with Crippen molar-refractivity contribution in [2.45, 2.75) is 20.0 Å². The van der Waals surface area contributed by atoms with E-state index < -0.39 is 22.6 Å². The van der Waals surface area contributed by atoms with Gasteiger partial charge >= 0.3 is 10.2 Å². The van der Waals surface area contributed by atoms with Crippen LogP contribution in [-0.4, -0.2) is 60.2 Å². The predicted octanol–water partition coefficient (Wildman–Crippen LogP) is 0.363. The van der Waals surface area contributed by atoms with Crippen LogP contribution >= 0.6 is 11.3 Å². The van der Waals surface area contributed by atoms with Crippen LogP contribution in [0.2, 0.25) is 0 Å². The van der Waals surface area contributed by atoms with Gasteiger partial charge in [-0.15, -0.1) is 15.7 Å². The van der Waals surface area contributed by atoms with Gasteiger partial charge in [0.25, 0.3) is 0 Å². The molecule has 0 aliphatic carbocycles. The fourth-order valence-electron chi connectivity index (χ4n) is 1.88. The average molecular weight is 359 g/mol. The van der Waals surface area contributed by atoms with E-state index in [1.54, 1.807) is 5.38 Å². The predicted molar refractivity (Wildman–Crippen MR) is 85.5 cm³/mol. The number of ether oxygens (including phenoxy) is 1. The number of aliphatic hydroxyl groups excluding tert-OH is 1. The minimum Gasteiger partial charge on any atom is -0.388 e. The van der Waals surface area contributed by atoms with Crippen LogP contribution in [0, 0.1) is 0 Å². The van der Waals surface area contributed by atoms with Gasteiger partial charge < -0.3 is 9.84 Å². The van der Waals surface area contributed by atoms with Crippen molar-refractivity contribution in [1.82, 2.24) is 9.29 Å². The highest BCUT2D eigenvalue weighted by molar-refractivity contribution is 7.88. The Labute approximate surface area is 138 Å². The number of aromatic nitrogens is 1. The highest BCUT2D eigenvalue weighted by Gasteiger charge is 2.32. The van der Waals surface area contributed by atoms with Gasteiger partial charge in [0.1, 0.15) is 23.0 Å². The molecule has 1 N–H and O–H groups in total. The quantitative estimate of drug-likeness (QED) is 0.753. The Kier molecular flexibility index (Phi) is 5.63. The number of ketones is 1. The molecule has 0 saturated carbocycles. The number of rotatable bonds is 7. The number of carbonyl (C=O) groups excluding carboxylic acids is 1. The van der Waals surface area contributed by atoms with Gasteiger partial charge in [-0.2, -0.15) is 8.42 Å². The molecular weight excluding hydrogens is 342 g/mol. The van der Waals surface area contributed by atoms with Gasteiger partial charge in [-0.1, -0.05) is 0 Å². The van der Waals surface area contributed by atoms with E-state index in [1.807, 2.05) is 13.8 Å². The van der Waals surface area contributed by atoms with Crippen molar-refractivity contribution in [3.63, 3.8) is 0 Å². The lowest BCUT2D eigenvalue weighted by molar-refractivity contribution is -0.119. The second-order valence-electron chi connectivity index (χ2n) is 4.89. The molecule has 23 heavy (non-hydrogen) atoms. The summed E-state index contributed by atoms with van der Waals surface area (Å²) in [5.41, 5.74) is -0.0575. The highest BCUT2D eigenvalue weighted by Crippen LogP contribution is 2.22. The Hall–Kier alpha value is -1.62. The van der Waals surface area contributed by atoms with Crippen molar-refractivity contribution in [3.8, 4) is 0 Å². The number of hydrogen-bond acceptors (Lipinski definition) is 7. The molecule has 0 bridgehead atoms. The maximum atomic E-state index is 12.4. The summed E-state index contributed by atoms with van der Waals surface area (Å²) in [6.07, 6.45) is 2.77. The van der Waals surface area contributed by atoms with Gasteiger partial charge in [-0.05, 0) is 19.9 Å². The second kappa shape index (κ2) is 7.30. The number of Topliss-reactive ketones (excluding diaryl/α,β-unsaturated/α-hetero) is 1. The summed E-state index contributed by atoms with van der Waals surface area (Å²) in [5.74, 6) is -0.706. The van der Waals surface area contributed by atoms with Gasteiger partial charge in [-0.3, -0.25) is 4.79 Å². The third-order valence-electron chi connectivity index (χ3n) is 2.86. The molecule has 0 radical (unpaired) electrons. The maximum Gasteiger partial charge on any atom is 0.345 e. The van der Waals surface area contributed by atoms with Crippen LogP contribution in [0.5, 0.6) is 0 Å². The summed E-state index contributed by atoms with van der Waals surface area (Å²) >= 11 is 1.21. The normalized spacial score (nSPS) is 17.1. The summed E-state index contributed by atoms with van der Waals surface area (Å²) < 4.78 is 34.6. The Morgan fingerprint density at radius 3 is 2.78 bits per heavy atom. The first-order chi connectivity index (χ1) is 10.8. The summed E-state index contributed by atoms with van der Waals surface area (Å²) in [5, 5.41) is 11.2. The molecule has 0 aromatic carbocycles. The highest BCUT2D eigenvalue weighted by atomic mass is 32.2. The van der Waals surface area contributed by atoms with Crippen LogP contribution in [-0.2, 0) is 19.7 Å². The molecule has 2 rings (SSSR count). The van der Waals surface area contributed by atoms with E-state index in [0.29, 0.717) is 5.01 Å². The van der Waals surface area contributed by atoms with E-state index >= 15 is 0 Å². The molecule has 1 aromatic rings. The monoisotopic (exact) mass is 359 g/mol. The first-order valence-electron chi connectivity index (χ1n) is 6.85. The topological polar surface area (TPSA) is 109 Å². The summed E-state index contributed by atoms with van der Waals surface area (Å²) in [4.78, 5) is 15.9. The van der Waals surface area contributed by atoms with Gasteiger partial charge in [0, 0.05) is 11.6 Å². The second-order valence-corrected chi connectivity index (χ2v) is 7.31. The molecular formula is C13H17N3O5S2. The molecule has 8 nitrogen and oxygen atoms in total. The van der Waals surface area contributed by atoms with E-state index in [4.69, 9.17) is 9.84 Å². The van der Waals surface area contributed by atoms with E-state index in [0.717, 1.165) is 4.31 Å². The Balaban J connectivity index is 2.35. The van der Waals surface area contributed by atoms with Crippen molar-refractivity contribution in [3.05, 3.63) is 28.4 Å². The SMILES string of the molecule is CC(C)OCCN1C(C(=O)CO)=CC(c2nccs2)=NS1(=O)=O. The zero-order chi connectivity index (χ0) is 17.0. The van der Waals surface area contributed by atoms with Crippen LogP contribution in [0.25, 0.3) is 0 Å². The number of hydrogen-bond donors (Lipinski definition) is 1.